The van der Waals surface area contributed by atoms with Gasteiger partial charge in [0.2, 0.25) is 5.91 Å². The number of phenolic OH excluding ortho intramolecular Hbond substituents is 1. The van der Waals surface area contributed by atoms with Gasteiger partial charge in [-0.3, -0.25) is 24.1 Å². The van der Waals surface area contributed by atoms with Gasteiger partial charge in [0.05, 0.1) is 22.8 Å². The van der Waals surface area contributed by atoms with Crippen LogP contribution in [0, 0.1) is 0 Å². The van der Waals surface area contributed by atoms with E-state index in [1.54, 1.807) is 41.1 Å². The van der Waals surface area contributed by atoms with Crippen LogP contribution in [-0.4, -0.2) is 63.5 Å². The Labute approximate surface area is 268 Å². The van der Waals surface area contributed by atoms with Crippen LogP contribution in [-0.2, 0) is 11.3 Å². The number of nitrogens with one attached hydrogen (secondary N) is 3. The SMILES string of the molecule is Cl.O=C1CN(CCn2cccc(-c3ccc(C(=O)Nc4c(O)cc(Cl)cc4C(=O)Nc4ccc(Cl)cn4)cc3)c2=O)CCN1. The van der Waals surface area contributed by atoms with Crippen molar-refractivity contribution in [1.29, 1.82) is 0 Å². The molecule has 2 aromatic heterocycles. The lowest BCUT2D eigenvalue weighted by molar-refractivity contribution is -0.124. The zero-order valence-corrected chi connectivity index (χ0v) is 25.4. The monoisotopic (exact) mass is 656 g/mol. The van der Waals surface area contributed by atoms with Crippen LogP contribution in [0.3, 0.4) is 0 Å². The van der Waals surface area contributed by atoms with Crippen molar-refractivity contribution in [2.75, 3.05) is 36.8 Å². The van der Waals surface area contributed by atoms with E-state index in [9.17, 15) is 24.3 Å². The molecular formula is C30H27Cl3N6O5. The summed E-state index contributed by atoms with van der Waals surface area (Å²) in [6.45, 7) is 2.60. The van der Waals surface area contributed by atoms with E-state index in [0.717, 1.165) is 6.54 Å². The zero-order chi connectivity index (χ0) is 30.5. The van der Waals surface area contributed by atoms with Crippen LogP contribution >= 0.6 is 35.6 Å². The number of amides is 3. The molecule has 0 radical (unpaired) electrons. The number of pyridine rings is 2. The van der Waals surface area contributed by atoms with Gasteiger partial charge in [0.15, 0.2) is 0 Å². The second-order valence-electron chi connectivity index (χ2n) is 9.74. The number of piperazine rings is 1. The third kappa shape index (κ3) is 7.74. The minimum absolute atomic E-state index is 0. The van der Waals surface area contributed by atoms with Crippen LogP contribution in [0.25, 0.3) is 11.1 Å². The van der Waals surface area contributed by atoms with Gasteiger partial charge in [-0.1, -0.05) is 35.3 Å². The fourth-order valence-corrected chi connectivity index (χ4v) is 4.91. The molecule has 44 heavy (non-hydrogen) atoms. The second kappa shape index (κ2) is 14.4. The van der Waals surface area contributed by atoms with Crippen LogP contribution in [0.4, 0.5) is 11.5 Å². The highest BCUT2D eigenvalue weighted by molar-refractivity contribution is 6.32. The minimum atomic E-state index is -0.665. The molecule has 3 amide bonds. The van der Waals surface area contributed by atoms with Crippen LogP contribution in [0.1, 0.15) is 20.7 Å². The summed E-state index contributed by atoms with van der Waals surface area (Å²) >= 11 is 11.9. The molecule has 1 aliphatic heterocycles. The molecule has 0 aliphatic carbocycles. The molecule has 14 heteroatoms. The van der Waals surface area contributed by atoms with Crippen molar-refractivity contribution < 1.29 is 19.5 Å². The lowest BCUT2D eigenvalue weighted by Gasteiger charge is -2.26. The Balaban J connectivity index is 0.00000442. The predicted molar refractivity (Wildman–Crippen MR) is 171 cm³/mol. The highest BCUT2D eigenvalue weighted by Crippen LogP contribution is 2.32. The van der Waals surface area contributed by atoms with Crippen LogP contribution in [0.5, 0.6) is 5.75 Å². The van der Waals surface area contributed by atoms with Gasteiger partial charge in [-0.15, -0.1) is 12.4 Å². The molecular weight excluding hydrogens is 631 g/mol. The molecule has 0 atom stereocenters. The van der Waals surface area contributed by atoms with E-state index in [2.05, 4.69) is 20.9 Å². The quantitative estimate of drug-likeness (QED) is 0.207. The topological polar surface area (TPSA) is 146 Å². The van der Waals surface area contributed by atoms with Crippen molar-refractivity contribution in [2.24, 2.45) is 0 Å². The maximum atomic E-state index is 13.2. The largest absolute Gasteiger partial charge is 0.506 e. The van der Waals surface area contributed by atoms with E-state index in [-0.39, 0.29) is 51.5 Å². The number of halogens is 3. The molecule has 3 heterocycles. The highest BCUT2D eigenvalue weighted by Gasteiger charge is 2.21. The average molecular weight is 658 g/mol. The predicted octanol–water partition coefficient (Wildman–Crippen LogP) is 4.28. The Morgan fingerprint density at radius 1 is 0.955 bits per heavy atom. The molecule has 11 nitrogen and oxygen atoms in total. The summed E-state index contributed by atoms with van der Waals surface area (Å²) in [5.74, 6) is -1.49. The maximum Gasteiger partial charge on any atom is 0.259 e. The fraction of sp³-hybridized carbons (Fsp3) is 0.167. The number of hydrogen-bond donors (Lipinski definition) is 4. The highest BCUT2D eigenvalue weighted by atomic mass is 35.5. The molecule has 1 fully saturated rings. The van der Waals surface area contributed by atoms with E-state index in [1.807, 2.05) is 4.90 Å². The van der Waals surface area contributed by atoms with E-state index in [4.69, 9.17) is 23.2 Å². The second-order valence-corrected chi connectivity index (χ2v) is 10.6. The van der Waals surface area contributed by atoms with Crippen LogP contribution in [0.15, 0.2) is 77.9 Å². The van der Waals surface area contributed by atoms with Crippen molar-refractivity contribution in [3.63, 3.8) is 0 Å². The smallest absolute Gasteiger partial charge is 0.259 e. The van der Waals surface area contributed by atoms with E-state index >= 15 is 0 Å². The minimum Gasteiger partial charge on any atom is -0.506 e. The molecule has 0 bridgehead atoms. The third-order valence-corrected chi connectivity index (χ3v) is 7.23. The number of anilines is 2. The Bertz CT molecular complexity index is 1750. The first-order chi connectivity index (χ1) is 20.7. The summed E-state index contributed by atoms with van der Waals surface area (Å²) in [5, 5.41) is 19.0. The zero-order valence-electron chi connectivity index (χ0n) is 23.0. The molecule has 228 valence electrons. The number of aromatic hydroxyl groups is 1. The van der Waals surface area contributed by atoms with Crippen molar-refractivity contribution >= 4 is 64.8 Å². The summed E-state index contributed by atoms with van der Waals surface area (Å²) in [5.41, 5.74) is 0.874. The van der Waals surface area contributed by atoms with Crippen molar-refractivity contribution in [3.05, 3.63) is 105 Å². The lowest BCUT2D eigenvalue weighted by Crippen LogP contribution is -2.48. The normalized spacial score (nSPS) is 13.0. The van der Waals surface area contributed by atoms with Gasteiger partial charge in [0.1, 0.15) is 11.6 Å². The molecule has 5 rings (SSSR count). The van der Waals surface area contributed by atoms with Crippen molar-refractivity contribution in [1.82, 2.24) is 19.8 Å². The molecule has 2 aromatic carbocycles. The van der Waals surface area contributed by atoms with Gasteiger partial charge >= 0.3 is 0 Å². The van der Waals surface area contributed by atoms with Gasteiger partial charge in [0, 0.05) is 60.8 Å². The number of aromatic nitrogens is 2. The van der Waals surface area contributed by atoms with Gasteiger partial charge < -0.3 is 25.6 Å². The van der Waals surface area contributed by atoms with Gasteiger partial charge in [-0.25, -0.2) is 4.98 Å². The van der Waals surface area contributed by atoms with Gasteiger partial charge in [-0.2, -0.15) is 0 Å². The molecule has 1 aliphatic rings. The Morgan fingerprint density at radius 3 is 2.43 bits per heavy atom. The summed E-state index contributed by atoms with van der Waals surface area (Å²) in [7, 11) is 0. The van der Waals surface area contributed by atoms with E-state index in [0.29, 0.717) is 42.3 Å². The maximum absolute atomic E-state index is 13.2. The summed E-state index contributed by atoms with van der Waals surface area (Å²) in [6.07, 6.45) is 3.06. The Kier molecular flexibility index (Phi) is 10.6. The first-order valence-electron chi connectivity index (χ1n) is 13.2. The standard InChI is InChI=1S/C30H26Cl2N6O5.ClH/c31-20-7-8-25(34-16-20)35-29(42)23-14-21(32)15-24(39)27(23)36-28(41)19-5-3-18(4-6-19)22-2-1-10-38(30(22)43)13-12-37-11-9-33-26(40)17-37;/h1-8,10,14-16,39H,9,11-13,17H2,(H,33,40)(H,36,41)(H,34,35,42);1H. The molecule has 4 N–H and O–H groups in total. The van der Waals surface area contributed by atoms with Gasteiger partial charge in [0.25, 0.3) is 17.4 Å². The number of carbonyl (C=O) groups is 3. The first kappa shape index (κ1) is 32.5. The summed E-state index contributed by atoms with van der Waals surface area (Å²) < 4.78 is 1.60. The van der Waals surface area contributed by atoms with Crippen molar-refractivity contribution in [3.8, 4) is 16.9 Å². The number of hydrogen-bond acceptors (Lipinski definition) is 7. The third-order valence-electron chi connectivity index (χ3n) is 6.79. The van der Waals surface area contributed by atoms with E-state index in [1.165, 1.54) is 36.5 Å². The molecule has 0 unspecified atom stereocenters. The number of phenols is 1. The lowest BCUT2D eigenvalue weighted by atomic mass is 10.0. The number of benzene rings is 2. The average Bonchev–Trinajstić information content (AvgIpc) is 2.99. The number of carbonyl (C=O) groups excluding carboxylic acids is 3. The molecule has 0 spiro atoms. The summed E-state index contributed by atoms with van der Waals surface area (Å²) in [4.78, 5) is 57.0. The summed E-state index contributed by atoms with van der Waals surface area (Å²) in [6, 6.07) is 15.4. The fourth-order valence-electron chi connectivity index (χ4n) is 4.59. The van der Waals surface area contributed by atoms with Crippen molar-refractivity contribution in [2.45, 2.75) is 6.54 Å². The van der Waals surface area contributed by atoms with E-state index < -0.39 is 17.6 Å². The van der Waals surface area contributed by atoms with Gasteiger partial charge in [-0.05, 0) is 48.0 Å². The molecule has 0 saturated carbocycles. The molecule has 4 aromatic rings. The first-order valence-corrected chi connectivity index (χ1v) is 14.0. The number of nitrogens with zero attached hydrogens (tertiary/aromatic N) is 3. The molecule has 1 saturated heterocycles. The number of rotatable bonds is 8. The Hall–Kier alpha value is -4.42. The Morgan fingerprint density at radius 2 is 1.73 bits per heavy atom. The van der Waals surface area contributed by atoms with Crippen LogP contribution < -0.4 is 21.5 Å². The van der Waals surface area contributed by atoms with Crippen LogP contribution in [0.2, 0.25) is 10.0 Å².